The number of aliphatic hydroxyl groups is 1. The van der Waals surface area contributed by atoms with E-state index < -0.39 is 0 Å². The number of rotatable bonds is 6. The zero-order chi connectivity index (χ0) is 12.0. The Morgan fingerprint density at radius 3 is 2.69 bits per heavy atom. The molecule has 0 aliphatic heterocycles. The molecule has 0 aliphatic carbocycles. The summed E-state index contributed by atoms with van der Waals surface area (Å²) in [6.07, 6.45) is 2.08. The van der Waals surface area contributed by atoms with E-state index in [-0.39, 0.29) is 12.1 Å². The molecule has 1 aromatic carbocycles. The van der Waals surface area contributed by atoms with Crippen LogP contribution in [0.5, 0.6) is 0 Å². The fourth-order valence-corrected chi connectivity index (χ4v) is 1.91. The molecule has 2 nitrogen and oxygen atoms in total. The molecular weight excluding hydrogens is 198 g/mol. The Kier molecular flexibility index (Phi) is 4.97. The van der Waals surface area contributed by atoms with Gasteiger partial charge in [-0.2, -0.15) is 0 Å². The van der Waals surface area contributed by atoms with Crippen LogP contribution < -0.4 is 5.32 Å². The van der Waals surface area contributed by atoms with Crippen molar-refractivity contribution in [2.45, 2.75) is 45.7 Å². The average Bonchev–Trinajstić information content (AvgIpc) is 2.27. The minimum Gasteiger partial charge on any atom is -0.394 e. The molecule has 1 unspecified atom stereocenters. The zero-order valence-corrected chi connectivity index (χ0v) is 10.6. The van der Waals surface area contributed by atoms with E-state index in [9.17, 15) is 5.11 Å². The Bertz CT molecular complexity index is 324. The fourth-order valence-electron chi connectivity index (χ4n) is 1.91. The van der Waals surface area contributed by atoms with Crippen molar-refractivity contribution in [1.82, 2.24) is 5.32 Å². The molecule has 0 radical (unpaired) electrons. The molecule has 0 saturated carbocycles. The summed E-state index contributed by atoms with van der Waals surface area (Å²) < 4.78 is 0. The van der Waals surface area contributed by atoms with Crippen LogP contribution in [0.15, 0.2) is 24.3 Å². The first-order valence-corrected chi connectivity index (χ1v) is 6.01. The Morgan fingerprint density at radius 1 is 1.38 bits per heavy atom. The minimum absolute atomic E-state index is 0.154. The molecule has 0 fully saturated rings. The fraction of sp³-hybridized carbons (Fsp3) is 0.571. The SMILES string of the molecule is CCCC(C)(CO)NCc1cccc(C)c1. The highest BCUT2D eigenvalue weighted by molar-refractivity contribution is 5.22. The lowest BCUT2D eigenvalue weighted by Crippen LogP contribution is -2.45. The summed E-state index contributed by atoms with van der Waals surface area (Å²) in [4.78, 5) is 0. The maximum atomic E-state index is 9.39. The van der Waals surface area contributed by atoms with E-state index in [0.29, 0.717) is 0 Å². The van der Waals surface area contributed by atoms with Gasteiger partial charge < -0.3 is 10.4 Å². The molecule has 0 spiro atoms. The second kappa shape index (κ2) is 6.02. The van der Waals surface area contributed by atoms with Gasteiger partial charge in [0.05, 0.1) is 6.61 Å². The van der Waals surface area contributed by atoms with Gasteiger partial charge in [0.15, 0.2) is 0 Å². The van der Waals surface area contributed by atoms with Crippen molar-refractivity contribution in [2.24, 2.45) is 0 Å². The van der Waals surface area contributed by atoms with Crippen molar-refractivity contribution in [3.05, 3.63) is 35.4 Å². The summed E-state index contributed by atoms with van der Waals surface area (Å²) in [5.74, 6) is 0. The van der Waals surface area contributed by atoms with Crippen LogP contribution in [0.2, 0.25) is 0 Å². The standard InChI is InChI=1S/C14H23NO/c1-4-8-14(3,11-16)15-10-13-7-5-6-12(2)9-13/h5-7,9,15-16H,4,8,10-11H2,1-3H3. The Balaban J connectivity index is 2.55. The van der Waals surface area contributed by atoms with Crippen molar-refractivity contribution in [1.29, 1.82) is 0 Å². The number of aryl methyl sites for hydroxylation is 1. The lowest BCUT2D eigenvalue weighted by Gasteiger charge is -2.28. The minimum atomic E-state index is -0.154. The van der Waals surface area contributed by atoms with Gasteiger partial charge in [-0.1, -0.05) is 43.2 Å². The summed E-state index contributed by atoms with van der Waals surface area (Å²) in [5, 5.41) is 12.8. The van der Waals surface area contributed by atoms with Gasteiger partial charge in [-0.25, -0.2) is 0 Å². The monoisotopic (exact) mass is 221 g/mol. The molecule has 1 atom stereocenters. The Morgan fingerprint density at radius 2 is 2.12 bits per heavy atom. The molecule has 0 bridgehead atoms. The van der Waals surface area contributed by atoms with Gasteiger partial charge in [0.25, 0.3) is 0 Å². The first-order valence-electron chi connectivity index (χ1n) is 6.01. The maximum absolute atomic E-state index is 9.39. The molecule has 0 aromatic heterocycles. The summed E-state index contributed by atoms with van der Waals surface area (Å²) in [6.45, 7) is 7.32. The highest BCUT2D eigenvalue weighted by Crippen LogP contribution is 2.13. The van der Waals surface area contributed by atoms with Gasteiger partial charge in [0.1, 0.15) is 0 Å². The molecule has 0 heterocycles. The van der Waals surface area contributed by atoms with E-state index in [2.05, 4.69) is 50.4 Å². The van der Waals surface area contributed by atoms with E-state index in [1.807, 2.05) is 0 Å². The summed E-state index contributed by atoms with van der Waals surface area (Å²) >= 11 is 0. The lowest BCUT2D eigenvalue weighted by atomic mass is 9.97. The molecule has 0 aliphatic rings. The summed E-state index contributed by atoms with van der Waals surface area (Å²) in [5.41, 5.74) is 2.40. The number of aliphatic hydroxyl groups excluding tert-OH is 1. The zero-order valence-electron chi connectivity index (χ0n) is 10.6. The van der Waals surface area contributed by atoms with E-state index in [1.54, 1.807) is 0 Å². The van der Waals surface area contributed by atoms with Crippen molar-refractivity contribution in [2.75, 3.05) is 6.61 Å². The number of nitrogens with one attached hydrogen (secondary N) is 1. The first-order chi connectivity index (χ1) is 7.59. The third kappa shape index (κ3) is 3.95. The number of hydrogen-bond acceptors (Lipinski definition) is 2. The smallest absolute Gasteiger partial charge is 0.0610 e. The third-order valence-electron chi connectivity index (χ3n) is 2.95. The quantitative estimate of drug-likeness (QED) is 0.774. The van der Waals surface area contributed by atoms with Crippen LogP contribution in [0.25, 0.3) is 0 Å². The molecule has 1 rings (SSSR count). The van der Waals surface area contributed by atoms with Gasteiger partial charge in [0.2, 0.25) is 0 Å². The van der Waals surface area contributed by atoms with E-state index >= 15 is 0 Å². The summed E-state index contributed by atoms with van der Waals surface area (Å²) in [6, 6.07) is 8.46. The predicted octanol–water partition coefficient (Wildman–Crippen LogP) is 2.64. The average molecular weight is 221 g/mol. The molecule has 0 saturated heterocycles. The van der Waals surface area contributed by atoms with Gasteiger partial charge >= 0.3 is 0 Å². The van der Waals surface area contributed by atoms with Crippen LogP contribution >= 0.6 is 0 Å². The Labute approximate surface area is 98.7 Å². The Hall–Kier alpha value is -0.860. The largest absolute Gasteiger partial charge is 0.394 e. The summed E-state index contributed by atoms with van der Waals surface area (Å²) in [7, 11) is 0. The van der Waals surface area contributed by atoms with Gasteiger partial charge in [-0.05, 0) is 25.8 Å². The predicted molar refractivity (Wildman–Crippen MR) is 68.4 cm³/mol. The maximum Gasteiger partial charge on any atom is 0.0610 e. The lowest BCUT2D eigenvalue weighted by molar-refractivity contribution is 0.163. The second-order valence-electron chi connectivity index (χ2n) is 4.81. The van der Waals surface area contributed by atoms with Gasteiger partial charge in [-0.15, -0.1) is 0 Å². The molecule has 2 N–H and O–H groups in total. The highest BCUT2D eigenvalue weighted by atomic mass is 16.3. The third-order valence-corrected chi connectivity index (χ3v) is 2.95. The van der Waals surface area contributed by atoms with Crippen LogP contribution in [0.4, 0.5) is 0 Å². The van der Waals surface area contributed by atoms with E-state index in [4.69, 9.17) is 0 Å². The van der Waals surface area contributed by atoms with Crippen LogP contribution in [0.3, 0.4) is 0 Å². The van der Waals surface area contributed by atoms with Crippen LogP contribution in [-0.2, 0) is 6.54 Å². The van der Waals surface area contributed by atoms with Crippen molar-refractivity contribution < 1.29 is 5.11 Å². The van der Waals surface area contributed by atoms with Crippen LogP contribution in [0, 0.1) is 6.92 Å². The van der Waals surface area contributed by atoms with Crippen molar-refractivity contribution >= 4 is 0 Å². The first kappa shape index (κ1) is 13.2. The van der Waals surface area contributed by atoms with Crippen molar-refractivity contribution in [3.63, 3.8) is 0 Å². The van der Waals surface area contributed by atoms with Crippen LogP contribution in [0.1, 0.15) is 37.8 Å². The van der Waals surface area contributed by atoms with Crippen LogP contribution in [-0.4, -0.2) is 17.3 Å². The van der Waals surface area contributed by atoms with E-state index in [1.165, 1.54) is 11.1 Å². The highest BCUT2D eigenvalue weighted by Gasteiger charge is 2.20. The molecule has 2 heteroatoms. The topological polar surface area (TPSA) is 32.3 Å². The van der Waals surface area contributed by atoms with E-state index in [0.717, 1.165) is 19.4 Å². The second-order valence-corrected chi connectivity index (χ2v) is 4.81. The molecule has 0 amide bonds. The van der Waals surface area contributed by atoms with Crippen molar-refractivity contribution in [3.8, 4) is 0 Å². The molecule has 1 aromatic rings. The molecule has 16 heavy (non-hydrogen) atoms. The molecular formula is C14H23NO. The number of benzene rings is 1. The molecule has 90 valence electrons. The van der Waals surface area contributed by atoms with Gasteiger partial charge in [0, 0.05) is 12.1 Å². The number of hydrogen-bond donors (Lipinski definition) is 2. The van der Waals surface area contributed by atoms with Gasteiger partial charge in [-0.3, -0.25) is 0 Å². The normalized spacial score (nSPS) is 14.8.